The van der Waals surface area contributed by atoms with Crippen molar-refractivity contribution in [3.05, 3.63) is 48.0 Å². The van der Waals surface area contributed by atoms with Gasteiger partial charge in [-0.1, -0.05) is 42.5 Å². The molecule has 28 heavy (non-hydrogen) atoms. The van der Waals surface area contributed by atoms with Crippen molar-refractivity contribution in [2.75, 3.05) is 19.7 Å². The maximum absolute atomic E-state index is 13.1. The minimum Gasteiger partial charge on any atom is -0.460 e. The van der Waals surface area contributed by atoms with Crippen molar-refractivity contribution in [3.8, 4) is 0 Å². The lowest BCUT2D eigenvalue weighted by Crippen LogP contribution is -2.40. The van der Waals surface area contributed by atoms with Gasteiger partial charge in [0.05, 0.1) is 24.7 Å². The molecule has 6 heteroatoms. The fourth-order valence-electron chi connectivity index (χ4n) is 4.44. The van der Waals surface area contributed by atoms with Crippen LogP contribution in [0.15, 0.2) is 42.5 Å². The molecule has 2 saturated heterocycles. The summed E-state index contributed by atoms with van der Waals surface area (Å²) < 4.78 is 17.2. The number of ether oxygens (including phenoxy) is 3. The summed E-state index contributed by atoms with van der Waals surface area (Å²) in [6.45, 7) is 5.91. The van der Waals surface area contributed by atoms with Crippen molar-refractivity contribution in [2.24, 2.45) is 11.8 Å². The summed E-state index contributed by atoms with van der Waals surface area (Å²) in [4.78, 5) is 27.7. The minimum atomic E-state index is -0.683. The van der Waals surface area contributed by atoms with E-state index >= 15 is 0 Å². The zero-order chi connectivity index (χ0) is 19.7. The Labute approximate surface area is 165 Å². The lowest BCUT2D eigenvalue weighted by Gasteiger charge is -2.22. The lowest BCUT2D eigenvalue weighted by atomic mass is 9.77. The van der Waals surface area contributed by atoms with Crippen LogP contribution in [0.2, 0.25) is 0 Å². The largest absolute Gasteiger partial charge is 0.460 e. The summed E-state index contributed by atoms with van der Waals surface area (Å²) in [5.74, 6) is -1.43. The Bertz CT molecular complexity index is 761. The number of likely N-dealkylation sites (tertiary alicyclic amines) is 1. The SMILES string of the molecule is CC(C)OCCCN1C[C@@]23C=C[C@@H](O2)[C@H](C(=O)OCc2ccccc2)[C@H]3C1=O. The van der Waals surface area contributed by atoms with E-state index in [4.69, 9.17) is 14.2 Å². The van der Waals surface area contributed by atoms with Gasteiger partial charge in [-0.25, -0.2) is 0 Å². The number of hydrogen-bond acceptors (Lipinski definition) is 5. The fraction of sp³-hybridized carbons (Fsp3) is 0.545. The number of carbonyl (C=O) groups excluding carboxylic acids is 2. The Morgan fingerprint density at radius 2 is 2.11 bits per heavy atom. The van der Waals surface area contributed by atoms with Crippen LogP contribution < -0.4 is 0 Å². The van der Waals surface area contributed by atoms with Crippen LogP contribution in [0.4, 0.5) is 0 Å². The third kappa shape index (κ3) is 3.47. The highest BCUT2D eigenvalue weighted by atomic mass is 16.6. The number of carbonyl (C=O) groups is 2. The van der Waals surface area contributed by atoms with E-state index in [9.17, 15) is 9.59 Å². The fourth-order valence-corrected chi connectivity index (χ4v) is 4.44. The zero-order valence-corrected chi connectivity index (χ0v) is 16.4. The van der Waals surface area contributed by atoms with Gasteiger partial charge in [0, 0.05) is 13.2 Å². The molecule has 6 nitrogen and oxygen atoms in total. The molecule has 0 radical (unpaired) electrons. The Balaban J connectivity index is 1.39. The van der Waals surface area contributed by atoms with E-state index in [2.05, 4.69) is 0 Å². The Morgan fingerprint density at radius 1 is 1.32 bits per heavy atom. The normalized spacial score (nSPS) is 30.3. The van der Waals surface area contributed by atoms with Crippen LogP contribution in [0.5, 0.6) is 0 Å². The first-order valence-electron chi connectivity index (χ1n) is 9.98. The second-order valence-electron chi connectivity index (χ2n) is 8.03. The van der Waals surface area contributed by atoms with Crippen molar-refractivity contribution in [1.82, 2.24) is 4.90 Å². The van der Waals surface area contributed by atoms with E-state index in [0.29, 0.717) is 19.7 Å². The third-order valence-electron chi connectivity index (χ3n) is 5.70. The molecule has 2 bridgehead atoms. The van der Waals surface area contributed by atoms with E-state index in [1.54, 1.807) is 4.90 Å². The van der Waals surface area contributed by atoms with Gasteiger partial charge in [-0.05, 0) is 25.8 Å². The van der Waals surface area contributed by atoms with Crippen LogP contribution >= 0.6 is 0 Å². The van der Waals surface area contributed by atoms with E-state index in [1.807, 2.05) is 56.3 Å². The highest BCUT2D eigenvalue weighted by Gasteiger charge is 2.67. The van der Waals surface area contributed by atoms with Crippen LogP contribution in [0, 0.1) is 11.8 Å². The smallest absolute Gasteiger partial charge is 0.313 e. The van der Waals surface area contributed by atoms with E-state index in [0.717, 1.165) is 12.0 Å². The molecular formula is C22H27NO5. The summed E-state index contributed by atoms with van der Waals surface area (Å²) >= 11 is 0. The molecule has 3 aliphatic heterocycles. The molecule has 1 aromatic rings. The maximum atomic E-state index is 13.1. The molecular weight excluding hydrogens is 358 g/mol. The topological polar surface area (TPSA) is 65.1 Å². The molecule has 3 aliphatic rings. The van der Waals surface area contributed by atoms with Gasteiger partial charge in [-0.15, -0.1) is 0 Å². The summed E-state index contributed by atoms with van der Waals surface area (Å²) in [5, 5.41) is 0. The first kappa shape index (κ1) is 19.2. The van der Waals surface area contributed by atoms with Crippen molar-refractivity contribution >= 4 is 11.9 Å². The summed E-state index contributed by atoms with van der Waals surface area (Å²) in [6.07, 6.45) is 4.44. The zero-order valence-electron chi connectivity index (χ0n) is 16.4. The summed E-state index contributed by atoms with van der Waals surface area (Å²) in [5.41, 5.74) is 0.242. The van der Waals surface area contributed by atoms with Crippen molar-refractivity contribution < 1.29 is 23.8 Å². The molecule has 0 unspecified atom stereocenters. The number of fused-ring (bicyclic) bond motifs is 1. The first-order valence-corrected chi connectivity index (χ1v) is 9.98. The van der Waals surface area contributed by atoms with Gasteiger partial charge in [0.25, 0.3) is 0 Å². The minimum absolute atomic E-state index is 0.0157. The van der Waals surface area contributed by atoms with Crippen molar-refractivity contribution in [3.63, 3.8) is 0 Å². The Morgan fingerprint density at radius 3 is 2.86 bits per heavy atom. The van der Waals surface area contributed by atoms with E-state index in [1.165, 1.54) is 0 Å². The van der Waals surface area contributed by atoms with E-state index < -0.39 is 17.4 Å². The number of nitrogens with zero attached hydrogens (tertiary/aromatic N) is 1. The second-order valence-corrected chi connectivity index (χ2v) is 8.03. The number of benzene rings is 1. The molecule has 150 valence electrons. The molecule has 0 N–H and O–H groups in total. The van der Waals surface area contributed by atoms with Crippen LogP contribution in [0.3, 0.4) is 0 Å². The number of amides is 1. The molecule has 1 amide bonds. The van der Waals surface area contributed by atoms with Crippen LogP contribution in [-0.2, 0) is 30.4 Å². The first-order chi connectivity index (χ1) is 13.5. The molecule has 0 aliphatic carbocycles. The van der Waals surface area contributed by atoms with Crippen LogP contribution in [0.25, 0.3) is 0 Å². The van der Waals surface area contributed by atoms with Gasteiger partial charge in [0.2, 0.25) is 5.91 Å². The second kappa shape index (κ2) is 7.68. The maximum Gasteiger partial charge on any atom is 0.313 e. The molecule has 4 atom stereocenters. The Kier molecular flexibility index (Phi) is 5.25. The highest BCUT2D eigenvalue weighted by Crippen LogP contribution is 2.52. The molecule has 0 saturated carbocycles. The molecule has 0 aromatic heterocycles. The molecule has 3 heterocycles. The van der Waals surface area contributed by atoms with Crippen LogP contribution in [-0.4, -0.2) is 54.3 Å². The average molecular weight is 385 g/mol. The van der Waals surface area contributed by atoms with Crippen LogP contribution in [0.1, 0.15) is 25.8 Å². The molecule has 1 aromatic carbocycles. The van der Waals surface area contributed by atoms with Crippen molar-refractivity contribution in [1.29, 1.82) is 0 Å². The highest BCUT2D eigenvalue weighted by molar-refractivity contribution is 5.91. The number of esters is 1. The van der Waals surface area contributed by atoms with Gasteiger partial charge in [-0.2, -0.15) is 0 Å². The predicted molar refractivity (Wildman–Crippen MR) is 102 cm³/mol. The van der Waals surface area contributed by atoms with Gasteiger partial charge in [0.1, 0.15) is 18.1 Å². The number of rotatable bonds is 8. The van der Waals surface area contributed by atoms with Gasteiger partial charge in [0.15, 0.2) is 0 Å². The predicted octanol–water partition coefficient (Wildman–Crippen LogP) is 2.33. The summed E-state index contributed by atoms with van der Waals surface area (Å²) in [6, 6.07) is 9.55. The third-order valence-corrected chi connectivity index (χ3v) is 5.70. The standard InChI is InChI=1S/C22H27NO5/c1-15(2)26-12-6-11-23-14-22-10-9-17(28-22)18(19(22)20(23)24)21(25)27-13-16-7-4-3-5-8-16/h3-5,7-10,15,17-19H,6,11-14H2,1-2H3/t17-,18+,19+,22-/m1/s1. The van der Waals surface area contributed by atoms with Crippen molar-refractivity contribution in [2.45, 2.75) is 44.7 Å². The number of hydrogen-bond donors (Lipinski definition) is 0. The quantitative estimate of drug-likeness (QED) is 0.390. The summed E-state index contributed by atoms with van der Waals surface area (Å²) in [7, 11) is 0. The molecule has 4 rings (SSSR count). The van der Waals surface area contributed by atoms with Gasteiger partial charge in [-0.3, -0.25) is 9.59 Å². The Hall–Kier alpha value is -2.18. The van der Waals surface area contributed by atoms with Gasteiger partial charge >= 0.3 is 5.97 Å². The monoisotopic (exact) mass is 385 g/mol. The van der Waals surface area contributed by atoms with Gasteiger partial charge < -0.3 is 19.1 Å². The molecule has 2 fully saturated rings. The average Bonchev–Trinajstić information content (AvgIpc) is 3.32. The lowest BCUT2D eigenvalue weighted by molar-refractivity contribution is -0.155. The van der Waals surface area contributed by atoms with E-state index in [-0.39, 0.29) is 30.7 Å². The molecule has 1 spiro atoms.